The Bertz CT molecular complexity index is 1580. The van der Waals surface area contributed by atoms with E-state index in [0.717, 1.165) is 33.6 Å². The number of ether oxygens (including phenoxy) is 6. The second-order valence-electron chi connectivity index (χ2n) is 11.3. The van der Waals surface area contributed by atoms with Crippen LogP contribution in [0.3, 0.4) is 0 Å². The molecular weight excluding hydrogens is 592 g/mol. The zero-order valence-corrected chi connectivity index (χ0v) is 26.2. The first-order chi connectivity index (χ1) is 21.9. The lowest BCUT2D eigenvalue weighted by molar-refractivity contribution is -0.291. The molecule has 0 N–H and O–H groups in total. The lowest BCUT2D eigenvalue weighted by atomic mass is 9.84. The molecule has 2 aliphatic heterocycles. The number of carbonyl (C=O) groups excluding carboxylic acids is 1. The molecule has 7 nitrogen and oxygen atoms in total. The Hall–Kier alpha value is -3.72. The number of carbonyl (C=O) groups is 1. The molecule has 0 spiro atoms. The fourth-order valence-corrected chi connectivity index (χ4v) is 6.29. The zero-order valence-electron chi connectivity index (χ0n) is 25.4. The molecule has 2 aliphatic rings. The van der Waals surface area contributed by atoms with Crippen LogP contribution in [0.15, 0.2) is 103 Å². The molecule has 0 saturated carbocycles. The van der Waals surface area contributed by atoms with Crippen LogP contribution in [-0.2, 0) is 53.9 Å². The Kier molecular flexibility index (Phi) is 9.54. The first kappa shape index (κ1) is 31.3. The molecule has 2 saturated heterocycles. The van der Waals surface area contributed by atoms with Crippen LogP contribution in [0.2, 0.25) is 5.02 Å². The summed E-state index contributed by atoms with van der Waals surface area (Å²) in [5.41, 5.74) is 3.15. The summed E-state index contributed by atoms with van der Waals surface area (Å²) in [5.74, 6) is -1.03. The van der Waals surface area contributed by atoms with Crippen LogP contribution in [0, 0.1) is 0 Å². The largest absolute Gasteiger partial charge is 0.494 e. The van der Waals surface area contributed by atoms with Gasteiger partial charge in [0.1, 0.15) is 11.9 Å². The minimum absolute atomic E-state index is 0.0544. The van der Waals surface area contributed by atoms with Crippen molar-refractivity contribution in [2.75, 3.05) is 20.3 Å². The maximum absolute atomic E-state index is 13.6. The van der Waals surface area contributed by atoms with Crippen molar-refractivity contribution in [3.63, 3.8) is 0 Å². The van der Waals surface area contributed by atoms with Crippen molar-refractivity contribution in [2.24, 2.45) is 0 Å². The average Bonchev–Trinajstić information content (AvgIpc) is 3.41. The number of methoxy groups -OCH3 is 1. The van der Waals surface area contributed by atoms with Gasteiger partial charge in [0.25, 0.3) is 0 Å². The Balaban J connectivity index is 1.33. The van der Waals surface area contributed by atoms with E-state index in [9.17, 15) is 4.79 Å². The van der Waals surface area contributed by atoms with Crippen LogP contribution in [0.4, 0.5) is 0 Å². The van der Waals surface area contributed by atoms with Gasteiger partial charge in [-0.25, -0.2) is 4.79 Å². The van der Waals surface area contributed by atoms with E-state index >= 15 is 0 Å². The maximum Gasteiger partial charge on any atom is 0.343 e. The first-order valence-corrected chi connectivity index (χ1v) is 15.6. The summed E-state index contributed by atoms with van der Waals surface area (Å²) in [6.07, 6.45) is -0.467. The smallest absolute Gasteiger partial charge is 0.343 e. The highest BCUT2D eigenvalue weighted by Crippen LogP contribution is 2.52. The van der Waals surface area contributed by atoms with Gasteiger partial charge in [-0.1, -0.05) is 90.5 Å². The number of esters is 1. The molecule has 0 aromatic heterocycles. The van der Waals surface area contributed by atoms with Crippen molar-refractivity contribution in [1.29, 1.82) is 0 Å². The molecule has 4 aromatic rings. The summed E-state index contributed by atoms with van der Waals surface area (Å²) in [6, 6.07) is 33.4. The third-order valence-corrected chi connectivity index (χ3v) is 8.73. The quantitative estimate of drug-likeness (QED) is 0.156. The van der Waals surface area contributed by atoms with Crippen molar-refractivity contribution in [2.45, 2.75) is 56.6 Å². The van der Waals surface area contributed by atoms with Crippen molar-refractivity contribution < 1.29 is 33.2 Å². The molecule has 4 aromatic carbocycles. The van der Waals surface area contributed by atoms with Gasteiger partial charge in [-0.05, 0) is 59.9 Å². The lowest BCUT2D eigenvalue weighted by Gasteiger charge is -2.45. The first-order valence-electron chi connectivity index (χ1n) is 15.2. The second kappa shape index (κ2) is 13.7. The summed E-state index contributed by atoms with van der Waals surface area (Å²) < 4.78 is 37.2. The van der Waals surface area contributed by atoms with Gasteiger partial charge in [-0.2, -0.15) is 0 Å². The SMILES string of the molecule is CCOc1ccc(Cc2cc([C@]34CC(OCc5ccccc5)[C@H](OCc5ccccc5)[C@](C(=O)OC)(CO3)O4)ccc2Cl)cc1. The van der Waals surface area contributed by atoms with E-state index in [2.05, 4.69) is 0 Å². The zero-order chi connectivity index (χ0) is 31.3. The molecule has 1 unspecified atom stereocenters. The Morgan fingerprint density at radius 2 is 1.53 bits per heavy atom. The lowest BCUT2D eigenvalue weighted by Crippen LogP contribution is -2.63. The van der Waals surface area contributed by atoms with Crippen LogP contribution in [0.25, 0.3) is 0 Å². The highest BCUT2D eigenvalue weighted by atomic mass is 35.5. The van der Waals surface area contributed by atoms with E-state index in [4.69, 9.17) is 40.0 Å². The third kappa shape index (κ3) is 6.64. The van der Waals surface area contributed by atoms with Crippen LogP contribution in [0.5, 0.6) is 5.75 Å². The van der Waals surface area contributed by atoms with Crippen LogP contribution in [-0.4, -0.2) is 44.1 Å². The topological polar surface area (TPSA) is 72.5 Å². The molecule has 4 atom stereocenters. The molecule has 2 heterocycles. The Morgan fingerprint density at radius 1 is 0.867 bits per heavy atom. The van der Waals surface area contributed by atoms with Crippen molar-refractivity contribution >= 4 is 17.6 Å². The van der Waals surface area contributed by atoms with Crippen LogP contribution >= 0.6 is 11.6 Å². The van der Waals surface area contributed by atoms with E-state index in [1.54, 1.807) is 0 Å². The number of rotatable bonds is 12. The minimum Gasteiger partial charge on any atom is -0.494 e. The van der Waals surface area contributed by atoms with E-state index < -0.39 is 29.6 Å². The molecule has 8 heteroatoms. The summed E-state index contributed by atoms with van der Waals surface area (Å²) in [6.45, 7) is 3.10. The molecule has 6 rings (SSSR count). The van der Waals surface area contributed by atoms with Gasteiger partial charge in [0.2, 0.25) is 5.60 Å². The van der Waals surface area contributed by atoms with Crippen LogP contribution < -0.4 is 4.74 Å². The molecule has 0 amide bonds. The van der Waals surface area contributed by atoms with Gasteiger partial charge in [-0.3, -0.25) is 0 Å². The Morgan fingerprint density at radius 3 is 2.18 bits per heavy atom. The van der Waals surface area contributed by atoms with E-state index in [1.165, 1.54) is 7.11 Å². The minimum atomic E-state index is -1.54. The predicted molar refractivity (Wildman–Crippen MR) is 170 cm³/mol. The molecule has 45 heavy (non-hydrogen) atoms. The second-order valence-corrected chi connectivity index (χ2v) is 11.7. The molecule has 234 valence electrons. The summed E-state index contributed by atoms with van der Waals surface area (Å²) in [7, 11) is 1.35. The van der Waals surface area contributed by atoms with Crippen molar-refractivity contribution in [3.05, 3.63) is 136 Å². The summed E-state index contributed by atoms with van der Waals surface area (Å²) in [4.78, 5) is 13.6. The normalized spacial score (nSPS) is 23.9. The van der Waals surface area contributed by atoms with Gasteiger partial charge in [0.15, 0.2) is 5.79 Å². The molecule has 0 aliphatic carbocycles. The summed E-state index contributed by atoms with van der Waals surface area (Å²) >= 11 is 6.71. The number of hydrogen-bond acceptors (Lipinski definition) is 7. The number of benzene rings is 4. The van der Waals surface area contributed by atoms with Gasteiger partial charge >= 0.3 is 5.97 Å². The predicted octanol–water partition coefficient (Wildman–Crippen LogP) is 7.02. The third-order valence-electron chi connectivity index (χ3n) is 8.36. The average molecular weight is 629 g/mol. The highest BCUT2D eigenvalue weighted by Gasteiger charge is 2.68. The number of halogens is 1. The number of hydrogen-bond donors (Lipinski definition) is 0. The maximum atomic E-state index is 13.6. The number of fused-ring (bicyclic) bond motifs is 2. The van der Waals surface area contributed by atoms with Gasteiger partial charge in [-0.15, -0.1) is 0 Å². The standard InChI is InChI=1S/C37H37ClO7/c1-3-41-31-17-14-26(15-18-31)20-29-21-30(16-19-32(29)38)37-22-33(42-23-27-10-6-4-7-11-27)34(43-24-28-12-8-5-9-13-28)36(45-37,25-44-37)35(39)40-2/h4-19,21,33-34H,3,20,22-25H2,1-2H3/t33?,34-,36-,37+/m0/s1. The fourth-order valence-electron chi connectivity index (χ4n) is 6.10. The van der Waals surface area contributed by atoms with Crippen molar-refractivity contribution in [1.82, 2.24) is 0 Å². The van der Waals surface area contributed by atoms with E-state index in [0.29, 0.717) is 31.1 Å². The molecule has 2 fully saturated rings. The fraction of sp³-hybridized carbons (Fsp3) is 0.324. The van der Waals surface area contributed by atoms with Crippen molar-refractivity contribution in [3.8, 4) is 5.75 Å². The molecule has 2 bridgehead atoms. The van der Waals surface area contributed by atoms with Crippen LogP contribution in [0.1, 0.15) is 41.2 Å². The van der Waals surface area contributed by atoms with E-state index in [-0.39, 0.29) is 13.2 Å². The van der Waals surface area contributed by atoms with E-state index in [1.807, 2.05) is 110 Å². The van der Waals surface area contributed by atoms with Gasteiger partial charge in [0.05, 0.1) is 39.6 Å². The van der Waals surface area contributed by atoms with Gasteiger partial charge < -0.3 is 28.4 Å². The van der Waals surface area contributed by atoms with Gasteiger partial charge in [0, 0.05) is 17.0 Å². The Labute approximate surface area is 268 Å². The highest BCUT2D eigenvalue weighted by molar-refractivity contribution is 6.31. The summed E-state index contributed by atoms with van der Waals surface area (Å²) in [5, 5.41) is 0.623. The molecule has 0 radical (unpaired) electrons. The molecular formula is C37H37ClO7. The monoisotopic (exact) mass is 628 g/mol.